The zero-order chi connectivity index (χ0) is 12.4. The Hall–Kier alpha value is -1.15. The fraction of sp³-hybridized carbons (Fsp3) is 0.533. The van der Waals surface area contributed by atoms with Crippen molar-refractivity contribution in [2.75, 3.05) is 6.61 Å². The Balaban J connectivity index is 2.61. The van der Waals surface area contributed by atoms with Crippen molar-refractivity contribution in [1.29, 1.82) is 0 Å². The number of nitrogens with zero attached hydrogens (tertiary/aromatic N) is 1. The highest BCUT2D eigenvalue weighted by molar-refractivity contribution is 5.72. The Bertz CT molecular complexity index is 433. The van der Waals surface area contributed by atoms with Crippen LogP contribution in [0.3, 0.4) is 0 Å². The molecule has 0 saturated heterocycles. The van der Waals surface area contributed by atoms with Crippen molar-refractivity contribution in [3.8, 4) is 0 Å². The summed E-state index contributed by atoms with van der Waals surface area (Å²) in [6.45, 7) is 10.3. The molecule has 1 aliphatic heterocycles. The largest absolute Gasteiger partial charge is 0.373 e. The zero-order valence-corrected chi connectivity index (χ0v) is 11.2. The van der Waals surface area contributed by atoms with Gasteiger partial charge in [0.2, 0.25) is 0 Å². The molecule has 0 bridgehead atoms. The van der Waals surface area contributed by atoms with Crippen LogP contribution in [-0.2, 0) is 11.3 Å². The lowest BCUT2D eigenvalue weighted by molar-refractivity contribution is 0.150. The molecule has 0 saturated carbocycles. The molecular weight excluding hydrogens is 210 g/mol. The molecule has 2 heterocycles. The topological polar surface area (TPSA) is 22.1 Å². The van der Waals surface area contributed by atoms with Gasteiger partial charge in [-0.25, -0.2) is 0 Å². The predicted molar refractivity (Wildman–Crippen MR) is 70.8 cm³/mol. The molecule has 92 valence electrons. The number of allylic oxidation sites excluding steroid dienone is 1. The van der Waals surface area contributed by atoms with Crippen molar-refractivity contribution in [2.45, 2.75) is 40.2 Å². The number of hydrogen-bond acceptors (Lipinski definition) is 2. The van der Waals surface area contributed by atoms with E-state index in [2.05, 4.69) is 38.8 Å². The van der Waals surface area contributed by atoms with E-state index in [1.54, 1.807) is 0 Å². The highest BCUT2D eigenvalue weighted by atomic mass is 16.5. The second kappa shape index (κ2) is 5.01. The van der Waals surface area contributed by atoms with Gasteiger partial charge in [0.1, 0.15) is 0 Å². The molecule has 2 heteroatoms. The van der Waals surface area contributed by atoms with Gasteiger partial charge < -0.3 is 4.74 Å². The molecular formula is C15H21NO. The van der Waals surface area contributed by atoms with E-state index in [-0.39, 0.29) is 0 Å². The lowest BCUT2D eigenvalue weighted by Gasteiger charge is -2.19. The molecule has 0 fully saturated rings. The predicted octanol–water partition coefficient (Wildman–Crippen LogP) is 3.77. The monoisotopic (exact) mass is 231 g/mol. The third-order valence-electron chi connectivity index (χ3n) is 3.27. The van der Waals surface area contributed by atoms with E-state index in [0.717, 1.165) is 0 Å². The van der Waals surface area contributed by atoms with E-state index in [1.807, 2.05) is 12.4 Å². The fourth-order valence-electron chi connectivity index (χ4n) is 2.37. The third-order valence-corrected chi connectivity index (χ3v) is 3.27. The van der Waals surface area contributed by atoms with E-state index in [1.165, 1.54) is 22.3 Å². The summed E-state index contributed by atoms with van der Waals surface area (Å²) >= 11 is 0. The molecule has 1 aromatic heterocycles. The smallest absolute Gasteiger partial charge is 0.0742 e. The number of rotatable bonds is 2. The summed E-state index contributed by atoms with van der Waals surface area (Å²) in [4.78, 5) is 4.35. The van der Waals surface area contributed by atoms with Crippen LogP contribution in [0.25, 0.3) is 5.57 Å². The molecule has 0 aliphatic carbocycles. The number of fused-ring (bicyclic) bond motifs is 1. The van der Waals surface area contributed by atoms with E-state index >= 15 is 0 Å². The van der Waals surface area contributed by atoms with Crippen LogP contribution in [0, 0.1) is 5.92 Å². The van der Waals surface area contributed by atoms with Gasteiger partial charge in [-0.05, 0) is 28.5 Å². The Labute approximate surface area is 104 Å². The first-order chi connectivity index (χ1) is 8.11. The van der Waals surface area contributed by atoms with Gasteiger partial charge in [0.05, 0.1) is 13.2 Å². The van der Waals surface area contributed by atoms with Gasteiger partial charge in [0, 0.05) is 18.0 Å². The summed E-state index contributed by atoms with van der Waals surface area (Å²) < 4.78 is 5.62. The molecule has 0 N–H and O–H groups in total. The quantitative estimate of drug-likeness (QED) is 0.773. The number of pyridine rings is 1. The van der Waals surface area contributed by atoms with Crippen LogP contribution in [0.4, 0.5) is 0 Å². The van der Waals surface area contributed by atoms with Crippen molar-refractivity contribution in [3.05, 3.63) is 35.2 Å². The summed E-state index contributed by atoms with van der Waals surface area (Å²) in [5.74, 6) is 1.02. The maximum absolute atomic E-state index is 5.62. The first kappa shape index (κ1) is 12.3. The van der Waals surface area contributed by atoms with Gasteiger partial charge in [-0.3, -0.25) is 4.98 Å². The SMILES string of the molecule is CC(C)C1=CCOCc2cncc(C(C)C)c21. The standard InChI is InChI=1S/C15H21NO/c1-10(2)13-5-6-17-9-12-7-16-8-14(11(3)4)15(12)13/h5,7-8,10-11H,6,9H2,1-4H3. The average Bonchev–Trinajstić information content (AvgIpc) is 2.50. The third kappa shape index (κ3) is 2.42. The van der Waals surface area contributed by atoms with Crippen molar-refractivity contribution < 1.29 is 4.74 Å². The Morgan fingerprint density at radius 3 is 2.53 bits per heavy atom. The van der Waals surface area contributed by atoms with E-state index in [9.17, 15) is 0 Å². The van der Waals surface area contributed by atoms with E-state index in [0.29, 0.717) is 25.0 Å². The van der Waals surface area contributed by atoms with Crippen LogP contribution >= 0.6 is 0 Å². The zero-order valence-electron chi connectivity index (χ0n) is 11.2. The van der Waals surface area contributed by atoms with E-state index < -0.39 is 0 Å². The molecule has 0 radical (unpaired) electrons. The number of hydrogen-bond donors (Lipinski definition) is 0. The highest BCUT2D eigenvalue weighted by Crippen LogP contribution is 2.34. The van der Waals surface area contributed by atoms with Crippen molar-refractivity contribution >= 4 is 5.57 Å². The van der Waals surface area contributed by atoms with Crippen LogP contribution in [0.2, 0.25) is 0 Å². The molecule has 1 aliphatic rings. The summed E-state index contributed by atoms with van der Waals surface area (Å²) in [5.41, 5.74) is 5.35. The second-order valence-electron chi connectivity index (χ2n) is 5.25. The minimum absolute atomic E-state index is 0.498. The highest BCUT2D eigenvalue weighted by Gasteiger charge is 2.19. The number of ether oxygens (including phenoxy) is 1. The molecule has 0 aromatic carbocycles. The van der Waals surface area contributed by atoms with Crippen molar-refractivity contribution in [1.82, 2.24) is 4.98 Å². The maximum atomic E-state index is 5.62. The molecule has 0 atom stereocenters. The van der Waals surface area contributed by atoms with Gasteiger partial charge in [-0.2, -0.15) is 0 Å². The maximum Gasteiger partial charge on any atom is 0.0742 e. The molecule has 0 unspecified atom stereocenters. The Morgan fingerprint density at radius 2 is 1.88 bits per heavy atom. The molecule has 2 nitrogen and oxygen atoms in total. The summed E-state index contributed by atoms with van der Waals surface area (Å²) in [6.07, 6.45) is 6.18. The van der Waals surface area contributed by atoms with Crippen molar-refractivity contribution in [3.63, 3.8) is 0 Å². The normalized spacial score (nSPS) is 15.8. The van der Waals surface area contributed by atoms with Crippen LogP contribution in [0.15, 0.2) is 18.5 Å². The first-order valence-electron chi connectivity index (χ1n) is 6.36. The van der Waals surface area contributed by atoms with Crippen LogP contribution in [0.5, 0.6) is 0 Å². The van der Waals surface area contributed by atoms with Gasteiger partial charge in [0.25, 0.3) is 0 Å². The minimum atomic E-state index is 0.498. The second-order valence-corrected chi connectivity index (χ2v) is 5.25. The lowest BCUT2D eigenvalue weighted by atomic mass is 9.86. The van der Waals surface area contributed by atoms with Crippen LogP contribution in [-0.4, -0.2) is 11.6 Å². The molecule has 2 rings (SSSR count). The summed E-state index contributed by atoms with van der Waals surface area (Å²) in [5, 5.41) is 0. The Morgan fingerprint density at radius 1 is 1.12 bits per heavy atom. The molecule has 17 heavy (non-hydrogen) atoms. The van der Waals surface area contributed by atoms with E-state index in [4.69, 9.17) is 4.74 Å². The molecule has 1 aromatic rings. The van der Waals surface area contributed by atoms with Crippen LogP contribution < -0.4 is 0 Å². The van der Waals surface area contributed by atoms with Gasteiger partial charge in [-0.15, -0.1) is 0 Å². The molecule has 0 amide bonds. The van der Waals surface area contributed by atoms with Gasteiger partial charge >= 0.3 is 0 Å². The first-order valence-corrected chi connectivity index (χ1v) is 6.36. The summed E-state index contributed by atoms with van der Waals surface area (Å²) in [7, 11) is 0. The van der Waals surface area contributed by atoms with Gasteiger partial charge in [-0.1, -0.05) is 33.8 Å². The number of aromatic nitrogens is 1. The van der Waals surface area contributed by atoms with Crippen molar-refractivity contribution in [2.24, 2.45) is 5.92 Å². The lowest BCUT2D eigenvalue weighted by Crippen LogP contribution is -2.05. The average molecular weight is 231 g/mol. The fourth-order valence-corrected chi connectivity index (χ4v) is 2.37. The minimum Gasteiger partial charge on any atom is -0.373 e. The molecule has 0 spiro atoms. The Kier molecular flexibility index (Phi) is 3.63. The van der Waals surface area contributed by atoms with Gasteiger partial charge in [0.15, 0.2) is 0 Å². The van der Waals surface area contributed by atoms with Crippen LogP contribution in [0.1, 0.15) is 50.3 Å². The summed E-state index contributed by atoms with van der Waals surface area (Å²) in [6, 6.07) is 0.